The molecule has 1 aliphatic rings. The number of nitrogens with two attached hydrogens (primary N) is 1. The zero-order valence-corrected chi connectivity index (χ0v) is 12.5. The molecule has 0 atom stereocenters. The molecule has 1 fully saturated rings. The summed E-state index contributed by atoms with van der Waals surface area (Å²) in [6.07, 6.45) is 4.49. The van der Waals surface area contributed by atoms with Crippen LogP contribution in [-0.2, 0) is 19.4 Å². The number of unbranched alkanes of at least 4 members (excludes halogenated alkanes) is 1. The van der Waals surface area contributed by atoms with Crippen molar-refractivity contribution in [2.75, 3.05) is 12.4 Å². The fourth-order valence-corrected chi connectivity index (χ4v) is 4.02. The summed E-state index contributed by atoms with van der Waals surface area (Å²) in [6, 6.07) is 0.130. The Labute approximate surface area is 115 Å². The summed E-state index contributed by atoms with van der Waals surface area (Å²) < 4.78 is 29.1. The van der Waals surface area contributed by atoms with Gasteiger partial charge in [-0.1, -0.05) is 13.3 Å². The average Bonchev–Trinajstić information content (AvgIpc) is 2.37. The van der Waals surface area contributed by atoms with Crippen molar-refractivity contribution in [2.24, 2.45) is 5.73 Å². The molecule has 0 amide bonds. The molecule has 1 saturated carbocycles. The van der Waals surface area contributed by atoms with Gasteiger partial charge in [-0.15, -0.1) is 0 Å². The zero-order valence-electron chi connectivity index (χ0n) is 11.6. The molecule has 1 aliphatic carbocycles. The first-order chi connectivity index (χ1) is 8.95. The van der Waals surface area contributed by atoms with E-state index in [1.165, 1.54) is 0 Å². The second-order valence-electron chi connectivity index (χ2n) is 5.23. The van der Waals surface area contributed by atoms with Crippen LogP contribution in [0.5, 0.6) is 0 Å². The van der Waals surface area contributed by atoms with E-state index in [4.69, 9.17) is 10.5 Å². The maximum Gasteiger partial charge on any atom is 0.306 e. The van der Waals surface area contributed by atoms with Crippen molar-refractivity contribution in [1.29, 1.82) is 0 Å². The van der Waals surface area contributed by atoms with Crippen LogP contribution in [0.1, 0.15) is 51.9 Å². The van der Waals surface area contributed by atoms with Crippen LogP contribution in [-0.4, -0.2) is 38.0 Å². The Hall–Kier alpha value is -0.620. The highest BCUT2D eigenvalue weighted by Gasteiger charge is 2.29. The fourth-order valence-electron chi connectivity index (χ4n) is 2.24. The van der Waals surface area contributed by atoms with Crippen LogP contribution in [0.3, 0.4) is 0 Å². The predicted molar refractivity (Wildman–Crippen MR) is 74.5 cm³/mol. The molecule has 0 radical (unpaired) electrons. The standard InChI is InChI=1S/C13H25NO4S/c1-2-3-9-18-13(15)8-10-19(16,17)12-6-4-11(14)5-7-12/h11-12H,2-10,14H2,1H3. The van der Waals surface area contributed by atoms with Crippen LogP contribution < -0.4 is 5.73 Å². The molecule has 19 heavy (non-hydrogen) atoms. The van der Waals surface area contributed by atoms with Gasteiger partial charge < -0.3 is 10.5 Å². The topological polar surface area (TPSA) is 86.5 Å². The van der Waals surface area contributed by atoms with Gasteiger partial charge in [0.1, 0.15) is 0 Å². The first-order valence-corrected chi connectivity index (χ1v) is 8.80. The lowest BCUT2D eigenvalue weighted by Crippen LogP contribution is -2.34. The molecule has 0 aromatic rings. The SMILES string of the molecule is CCCCOC(=O)CCS(=O)(=O)C1CCC(N)CC1. The minimum absolute atomic E-state index is 0.0331. The van der Waals surface area contributed by atoms with Gasteiger partial charge in [-0.2, -0.15) is 0 Å². The summed E-state index contributed by atoms with van der Waals surface area (Å²) in [7, 11) is -3.19. The van der Waals surface area contributed by atoms with Gasteiger partial charge >= 0.3 is 5.97 Å². The van der Waals surface area contributed by atoms with E-state index in [2.05, 4.69) is 0 Å². The minimum Gasteiger partial charge on any atom is -0.466 e. The number of carbonyl (C=O) groups excluding carboxylic acids is 1. The second kappa shape index (κ2) is 7.85. The lowest BCUT2D eigenvalue weighted by atomic mass is 9.96. The summed E-state index contributed by atoms with van der Waals surface area (Å²) >= 11 is 0. The maximum absolute atomic E-state index is 12.1. The van der Waals surface area contributed by atoms with E-state index in [0.717, 1.165) is 25.7 Å². The zero-order chi connectivity index (χ0) is 14.3. The number of hydrogen-bond acceptors (Lipinski definition) is 5. The Morgan fingerprint density at radius 3 is 2.47 bits per heavy atom. The van der Waals surface area contributed by atoms with Gasteiger partial charge in [0.05, 0.1) is 24.0 Å². The van der Waals surface area contributed by atoms with E-state index in [-0.39, 0.29) is 23.5 Å². The summed E-state index contributed by atoms with van der Waals surface area (Å²) in [5.74, 6) is -0.512. The molecule has 0 aromatic carbocycles. The Morgan fingerprint density at radius 1 is 1.26 bits per heavy atom. The van der Waals surface area contributed by atoms with Gasteiger partial charge in [0.15, 0.2) is 9.84 Å². The molecule has 0 saturated heterocycles. The molecule has 1 rings (SSSR count). The normalized spacial score (nSPS) is 24.1. The van der Waals surface area contributed by atoms with Gasteiger partial charge in [0.25, 0.3) is 0 Å². The van der Waals surface area contributed by atoms with Gasteiger partial charge in [-0.05, 0) is 32.1 Å². The van der Waals surface area contributed by atoms with Crippen LogP contribution in [0.25, 0.3) is 0 Å². The van der Waals surface area contributed by atoms with Gasteiger partial charge in [0, 0.05) is 6.04 Å². The lowest BCUT2D eigenvalue weighted by molar-refractivity contribution is -0.143. The molecule has 6 heteroatoms. The average molecular weight is 291 g/mol. The molecule has 112 valence electrons. The molecule has 0 aliphatic heterocycles. The lowest BCUT2D eigenvalue weighted by Gasteiger charge is -2.25. The van der Waals surface area contributed by atoms with Crippen LogP contribution in [0, 0.1) is 0 Å². The van der Waals surface area contributed by atoms with E-state index >= 15 is 0 Å². The largest absolute Gasteiger partial charge is 0.466 e. The third kappa shape index (κ3) is 5.91. The number of ether oxygens (including phenoxy) is 1. The van der Waals surface area contributed by atoms with Crippen molar-refractivity contribution in [3.8, 4) is 0 Å². The van der Waals surface area contributed by atoms with E-state index in [1.54, 1.807) is 0 Å². The number of esters is 1. The van der Waals surface area contributed by atoms with Crippen molar-refractivity contribution in [2.45, 2.75) is 63.2 Å². The van der Waals surface area contributed by atoms with Crippen molar-refractivity contribution in [1.82, 2.24) is 0 Å². The Bertz CT molecular complexity index is 372. The van der Waals surface area contributed by atoms with Crippen LogP contribution in [0.2, 0.25) is 0 Å². The van der Waals surface area contributed by atoms with Gasteiger partial charge in [-0.25, -0.2) is 8.42 Å². The van der Waals surface area contributed by atoms with E-state index in [9.17, 15) is 13.2 Å². The third-order valence-corrected chi connectivity index (χ3v) is 5.84. The van der Waals surface area contributed by atoms with Crippen molar-refractivity contribution < 1.29 is 17.9 Å². The molecule has 0 heterocycles. The number of rotatable bonds is 7. The fraction of sp³-hybridized carbons (Fsp3) is 0.923. The smallest absolute Gasteiger partial charge is 0.306 e. The van der Waals surface area contributed by atoms with E-state index in [0.29, 0.717) is 19.4 Å². The highest BCUT2D eigenvalue weighted by Crippen LogP contribution is 2.24. The molecule has 0 spiro atoms. The summed E-state index contributed by atoms with van der Waals surface area (Å²) in [4.78, 5) is 11.4. The molecule has 2 N–H and O–H groups in total. The number of sulfone groups is 1. The van der Waals surface area contributed by atoms with Gasteiger partial charge in [0.2, 0.25) is 0 Å². The van der Waals surface area contributed by atoms with E-state index in [1.807, 2.05) is 6.92 Å². The monoisotopic (exact) mass is 291 g/mol. The number of hydrogen-bond donors (Lipinski definition) is 1. The Morgan fingerprint density at radius 2 is 1.89 bits per heavy atom. The van der Waals surface area contributed by atoms with Crippen LogP contribution in [0.4, 0.5) is 0 Å². The van der Waals surface area contributed by atoms with Crippen molar-refractivity contribution in [3.05, 3.63) is 0 Å². The molecule has 0 unspecified atom stereocenters. The van der Waals surface area contributed by atoms with Crippen molar-refractivity contribution >= 4 is 15.8 Å². The van der Waals surface area contributed by atoms with E-state index < -0.39 is 15.8 Å². The summed E-state index contributed by atoms with van der Waals surface area (Å²) in [5, 5.41) is -0.323. The van der Waals surface area contributed by atoms with Crippen LogP contribution >= 0.6 is 0 Å². The molecule has 0 aromatic heterocycles. The van der Waals surface area contributed by atoms with Crippen LogP contribution in [0.15, 0.2) is 0 Å². The number of carbonyl (C=O) groups is 1. The highest BCUT2D eigenvalue weighted by molar-refractivity contribution is 7.92. The molecule has 0 bridgehead atoms. The predicted octanol–water partition coefficient (Wildman–Crippen LogP) is 1.40. The highest BCUT2D eigenvalue weighted by atomic mass is 32.2. The first-order valence-electron chi connectivity index (χ1n) is 7.08. The molecular formula is C13H25NO4S. The summed E-state index contributed by atoms with van der Waals surface area (Å²) in [6.45, 7) is 2.39. The third-order valence-electron chi connectivity index (χ3n) is 3.58. The molecule has 5 nitrogen and oxygen atoms in total. The Kier molecular flexibility index (Phi) is 6.79. The summed E-state index contributed by atoms with van der Waals surface area (Å²) in [5.41, 5.74) is 5.76. The first kappa shape index (κ1) is 16.4. The minimum atomic E-state index is -3.19. The maximum atomic E-state index is 12.1. The Balaban J connectivity index is 2.32. The second-order valence-corrected chi connectivity index (χ2v) is 7.63. The van der Waals surface area contributed by atoms with Gasteiger partial charge in [-0.3, -0.25) is 4.79 Å². The quantitative estimate of drug-likeness (QED) is 0.566. The van der Waals surface area contributed by atoms with Crippen molar-refractivity contribution in [3.63, 3.8) is 0 Å². The molecular weight excluding hydrogens is 266 g/mol.